The van der Waals surface area contributed by atoms with E-state index in [1.165, 1.54) is 58.0 Å². The third kappa shape index (κ3) is 4.09. The first-order chi connectivity index (χ1) is 13.8. The summed E-state index contributed by atoms with van der Waals surface area (Å²) in [6, 6.07) is 7.35. The van der Waals surface area contributed by atoms with Crippen molar-refractivity contribution in [1.82, 2.24) is 15.8 Å². The van der Waals surface area contributed by atoms with Gasteiger partial charge in [0.05, 0.1) is 0 Å². The van der Waals surface area contributed by atoms with Crippen molar-refractivity contribution in [1.29, 1.82) is 0 Å². The van der Waals surface area contributed by atoms with E-state index in [1.807, 2.05) is 6.07 Å². The normalized spacial score (nSPS) is 31.2. The molecular formula is C22H34N4O2. The van der Waals surface area contributed by atoms with Crippen molar-refractivity contribution in [3.63, 3.8) is 0 Å². The molecule has 1 aromatic rings. The van der Waals surface area contributed by atoms with E-state index in [9.17, 15) is 0 Å². The largest absolute Gasteiger partial charge is 0.454 e. The Labute approximate surface area is 168 Å². The molecule has 3 atom stereocenters. The molecule has 2 saturated heterocycles. The van der Waals surface area contributed by atoms with Gasteiger partial charge in [0.15, 0.2) is 11.5 Å². The number of anilines is 1. The summed E-state index contributed by atoms with van der Waals surface area (Å²) in [7, 11) is 0. The average Bonchev–Trinajstić information content (AvgIpc) is 3.38. The zero-order chi connectivity index (χ0) is 18.8. The van der Waals surface area contributed by atoms with Crippen LogP contribution < -0.4 is 25.6 Å². The van der Waals surface area contributed by atoms with Crippen LogP contribution in [0, 0.1) is 11.8 Å². The molecular weight excluding hydrogens is 352 g/mol. The molecule has 5 rings (SSSR count). The lowest BCUT2D eigenvalue weighted by atomic mass is 9.79. The first-order valence-electron chi connectivity index (χ1n) is 11.2. The Hall–Kier alpha value is -1.50. The van der Waals surface area contributed by atoms with Crippen molar-refractivity contribution in [2.75, 3.05) is 38.3 Å². The summed E-state index contributed by atoms with van der Waals surface area (Å²) in [6.07, 6.45) is 9.58. The molecule has 4 aliphatic rings. The number of benzene rings is 1. The van der Waals surface area contributed by atoms with E-state index in [1.54, 1.807) is 0 Å². The maximum Gasteiger partial charge on any atom is 0.231 e. The molecule has 154 valence electrons. The summed E-state index contributed by atoms with van der Waals surface area (Å²) in [5, 5.41) is 3.73. The summed E-state index contributed by atoms with van der Waals surface area (Å²) in [4.78, 5) is 2.68. The molecule has 3 N–H and O–H groups in total. The zero-order valence-corrected chi connectivity index (χ0v) is 16.8. The molecule has 3 fully saturated rings. The third-order valence-electron chi connectivity index (χ3n) is 7.04. The number of fused-ring (bicyclic) bond motifs is 1. The van der Waals surface area contributed by atoms with Gasteiger partial charge in [0, 0.05) is 49.4 Å². The molecule has 6 heteroatoms. The topological polar surface area (TPSA) is 57.8 Å². The lowest BCUT2D eigenvalue weighted by Gasteiger charge is -2.37. The number of nitrogens with zero attached hydrogens (tertiary/aromatic N) is 1. The summed E-state index contributed by atoms with van der Waals surface area (Å²) >= 11 is 0. The monoisotopic (exact) mass is 386 g/mol. The van der Waals surface area contributed by atoms with Gasteiger partial charge in [-0.1, -0.05) is 19.3 Å². The van der Waals surface area contributed by atoms with E-state index in [0.29, 0.717) is 18.9 Å². The Bertz CT molecular complexity index is 664. The Kier molecular flexibility index (Phi) is 5.61. The van der Waals surface area contributed by atoms with Crippen molar-refractivity contribution >= 4 is 5.69 Å². The molecule has 0 aromatic heterocycles. The molecule has 28 heavy (non-hydrogen) atoms. The van der Waals surface area contributed by atoms with Crippen LogP contribution in [0.1, 0.15) is 44.9 Å². The Balaban J connectivity index is 1.16. The maximum absolute atomic E-state index is 5.52. The van der Waals surface area contributed by atoms with Crippen LogP contribution in [0.3, 0.4) is 0 Å². The fourth-order valence-corrected chi connectivity index (χ4v) is 5.62. The van der Waals surface area contributed by atoms with E-state index in [2.05, 4.69) is 33.2 Å². The molecule has 1 saturated carbocycles. The summed E-state index contributed by atoms with van der Waals surface area (Å²) < 4.78 is 10.9. The van der Waals surface area contributed by atoms with E-state index < -0.39 is 0 Å². The first kappa shape index (κ1) is 18.5. The van der Waals surface area contributed by atoms with Gasteiger partial charge in [0.25, 0.3) is 0 Å². The van der Waals surface area contributed by atoms with E-state index >= 15 is 0 Å². The fourth-order valence-electron chi connectivity index (χ4n) is 5.62. The van der Waals surface area contributed by atoms with Crippen molar-refractivity contribution in [3.05, 3.63) is 18.2 Å². The number of piperidine rings is 1. The second-order valence-electron chi connectivity index (χ2n) is 9.02. The SMILES string of the molecule is c1cc2c(cc1NC1CCCN(CC3CNNC3C3CCCCC3)C1)OCO2. The van der Waals surface area contributed by atoms with Crippen LogP contribution in [-0.2, 0) is 0 Å². The minimum absolute atomic E-state index is 0.335. The number of likely N-dealkylation sites (tertiary alicyclic amines) is 1. The van der Waals surface area contributed by atoms with Gasteiger partial charge >= 0.3 is 0 Å². The van der Waals surface area contributed by atoms with E-state index in [4.69, 9.17) is 9.47 Å². The van der Waals surface area contributed by atoms with Crippen LogP contribution in [0.4, 0.5) is 5.69 Å². The van der Waals surface area contributed by atoms with Gasteiger partial charge in [0.2, 0.25) is 6.79 Å². The van der Waals surface area contributed by atoms with Crippen LogP contribution in [0.2, 0.25) is 0 Å². The number of hydrogen-bond donors (Lipinski definition) is 3. The predicted octanol–water partition coefficient (Wildman–Crippen LogP) is 2.96. The highest BCUT2D eigenvalue weighted by Gasteiger charge is 2.35. The maximum atomic E-state index is 5.52. The molecule has 3 unspecified atom stereocenters. The summed E-state index contributed by atoms with van der Waals surface area (Å²) in [5.41, 5.74) is 8.23. The molecule has 0 bridgehead atoms. The van der Waals surface area contributed by atoms with E-state index in [-0.39, 0.29) is 0 Å². The van der Waals surface area contributed by atoms with Crippen molar-refractivity contribution in [2.24, 2.45) is 11.8 Å². The summed E-state index contributed by atoms with van der Waals surface area (Å²) in [5.74, 6) is 3.30. The van der Waals surface area contributed by atoms with Crippen LogP contribution in [0.25, 0.3) is 0 Å². The quantitative estimate of drug-likeness (QED) is 0.723. The average molecular weight is 387 g/mol. The van der Waals surface area contributed by atoms with Crippen LogP contribution in [0.5, 0.6) is 11.5 Å². The lowest BCUT2D eigenvalue weighted by molar-refractivity contribution is 0.159. The minimum atomic E-state index is 0.335. The predicted molar refractivity (Wildman–Crippen MR) is 111 cm³/mol. The molecule has 0 spiro atoms. The second kappa shape index (κ2) is 8.47. The molecule has 3 aliphatic heterocycles. The van der Waals surface area contributed by atoms with Crippen molar-refractivity contribution < 1.29 is 9.47 Å². The Morgan fingerprint density at radius 2 is 1.93 bits per heavy atom. The van der Waals surface area contributed by atoms with Gasteiger partial charge in [-0.15, -0.1) is 0 Å². The Morgan fingerprint density at radius 3 is 2.86 bits per heavy atom. The molecule has 0 amide bonds. The first-order valence-corrected chi connectivity index (χ1v) is 11.2. The number of hydrogen-bond acceptors (Lipinski definition) is 6. The molecule has 6 nitrogen and oxygen atoms in total. The number of ether oxygens (including phenoxy) is 2. The highest BCUT2D eigenvalue weighted by atomic mass is 16.7. The fraction of sp³-hybridized carbons (Fsp3) is 0.727. The van der Waals surface area contributed by atoms with Crippen LogP contribution in [-0.4, -0.2) is 50.0 Å². The number of hydrazine groups is 1. The van der Waals surface area contributed by atoms with Gasteiger partial charge in [-0.25, -0.2) is 0 Å². The molecule has 0 radical (unpaired) electrons. The summed E-state index contributed by atoms with van der Waals surface area (Å²) in [6.45, 7) is 5.01. The van der Waals surface area contributed by atoms with Crippen LogP contribution >= 0.6 is 0 Å². The number of rotatable bonds is 5. The minimum Gasteiger partial charge on any atom is -0.454 e. The number of nitrogens with one attached hydrogen (secondary N) is 3. The van der Waals surface area contributed by atoms with Crippen molar-refractivity contribution in [3.8, 4) is 11.5 Å². The molecule has 1 aromatic carbocycles. The lowest BCUT2D eigenvalue weighted by Crippen LogP contribution is -2.47. The van der Waals surface area contributed by atoms with E-state index in [0.717, 1.165) is 42.1 Å². The van der Waals surface area contributed by atoms with Gasteiger partial charge in [-0.2, -0.15) is 0 Å². The van der Waals surface area contributed by atoms with Crippen molar-refractivity contribution in [2.45, 2.75) is 57.0 Å². The smallest absolute Gasteiger partial charge is 0.231 e. The highest BCUT2D eigenvalue weighted by Crippen LogP contribution is 2.35. The molecule has 3 heterocycles. The van der Waals surface area contributed by atoms with Gasteiger partial charge < -0.3 is 19.7 Å². The van der Waals surface area contributed by atoms with Crippen LogP contribution in [0.15, 0.2) is 18.2 Å². The third-order valence-corrected chi connectivity index (χ3v) is 7.04. The second-order valence-corrected chi connectivity index (χ2v) is 9.02. The highest BCUT2D eigenvalue weighted by molar-refractivity contribution is 5.56. The zero-order valence-electron chi connectivity index (χ0n) is 16.8. The standard InChI is InChI=1S/C22H34N4O2/c1-2-5-16(6-3-1)22-17(12-23-25-22)13-26-10-4-7-19(14-26)24-18-8-9-20-21(11-18)28-15-27-20/h8-9,11,16-17,19,22-25H,1-7,10,12-15H2. The van der Waals surface area contributed by atoms with Gasteiger partial charge in [-0.05, 0) is 50.3 Å². The van der Waals surface area contributed by atoms with Gasteiger partial charge in [0.1, 0.15) is 0 Å². The van der Waals surface area contributed by atoms with Gasteiger partial charge in [-0.3, -0.25) is 10.9 Å². The Morgan fingerprint density at radius 1 is 1.04 bits per heavy atom. The molecule has 1 aliphatic carbocycles.